The van der Waals surface area contributed by atoms with Gasteiger partial charge in [0.15, 0.2) is 19.8 Å². The zero-order chi connectivity index (χ0) is 12.3. The van der Waals surface area contributed by atoms with Gasteiger partial charge in [-0.2, -0.15) is 0 Å². The number of hydrogen-bond acceptors (Lipinski definition) is 3. The number of alkyl halides is 1. The third-order valence-corrected chi connectivity index (χ3v) is 6.03. The predicted molar refractivity (Wildman–Crippen MR) is 67.7 cm³/mol. The van der Waals surface area contributed by atoms with Gasteiger partial charge in [0.1, 0.15) is 0 Å². The molecule has 1 aromatic carbocycles. The topological polar surface area (TPSA) is 51.2 Å². The molecule has 1 rings (SSSR count). The van der Waals surface area contributed by atoms with E-state index in [0.29, 0.717) is 5.56 Å². The van der Waals surface area contributed by atoms with Crippen molar-refractivity contribution < 1.29 is 13.2 Å². The lowest BCUT2D eigenvalue weighted by atomic mass is 10.1. The third-order valence-electron chi connectivity index (χ3n) is 2.26. The molecule has 3 nitrogen and oxygen atoms in total. The van der Waals surface area contributed by atoms with Gasteiger partial charge in [-0.1, -0.05) is 52.7 Å². The first-order valence-electron chi connectivity index (χ1n) is 4.85. The first-order chi connectivity index (χ1) is 7.38. The van der Waals surface area contributed by atoms with Crippen molar-refractivity contribution >= 4 is 31.6 Å². The Kier molecular flexibility index (Phi) is 4.27. The van der Waals surface area contributed by atoms with Crippen molar-refractivity contribution in [1.82, 2.24) is 0 Å². The molecule has 0 aliphatic rings. The Morgan fingerprint density at radius 1 is 1.31 bits per heavy atom. The van der Waals surface area contributed by atoms with Crippen molar-refractivity contribution in [2.45, 2.75) is 18.0 Å². The summed E-state index contributed by atoms with van der Waals surface area (Å²) in [6.07, 6.45) is 0. The maximum Gasteiger partial charge on any atom is 0.191 e. The quantitative estimate of drug-likeness (QED) is 0.634. The van der Waals surface area contributed by atoms with Crippen LogP contribution in [0.5, 0.6) is 0 Å². The molecule has 0 aliphatic heterocycles. The Morgan fingerprint density at radius 2 is 1.81 bits per heavy atom. The lowest BCUT2D eigenvalue weighted by Gasteiger charge is -2.08. The number of halogens is 1. The Morgan fingerprint density at radius 3 is 2.25 bits per heavy atom. The smallest absolute Gasteiger partial charge is 0.191 e. The molecule has 5 heteroatoms. The van der Waals surface area contributed by atoms with Gasteiger partial charge in [-0.15, -0.1) is 0 Å². The van der Waals surface area contributed by atoms with Crippen molar-refractivity contribution in [2.24, 2.45) is 0 Å². The zero-order valence-electron chi connectivity index (χ0n) is 9.10. The molecule has 0 unspecified atom stereocenters. The van der Waals surface area contributed by atoms with Crippen molar-refractivity contribution in [1.29, 1.82) is 0 Å². The summed E-state index contributed by atoms with van der Waals surface area (Å²) in [5.74, 6) is -0.470. The fraction of sp³-hybridized carbons (Fsp3) is 0.364. The fourth-order valence-electron chi connectivity index (χ4n) is 1.16. The second-order valence-electron chi connectivity index (χ2n) is 3.50. The Bertz CT molecular complexity index is 476. The zero-order valence-corrected chi connectivity index (χ0v) is 11.5. The van der Waals surface area contributed by atoms with Crippen LogP contribution in [0.4, 0.5) is 0 Å². The SMILES string of the molecule is CCS(=O)(=O)[C@H](Br)C(=O)c1ccc(C)cc1. The highest BCUT2D eigenvalue weighted by molar-refractivity contribution is 9.11. The summed E-state index contributed by atoms with van der Waals surface area (Å²) in [5.41, 5.74) is 1.44. The van der Waals surface area contributed by atoms with Crippen LogP contribution in [-0.4, -0.2) is 24.1 Å². The van der Waals surface area contributed by atoms with Crippen molar-refractivity contribution in [3.63, 3.8) is 0 Å². The summed E-state index contributed by atoms with van der Waals surface area (Å²) in [6, 6.07) is 6.84. The highest BCUT2D eigenvalue weighted by Gasteiger charge is 2.28. The van der Waals surface area contributed by atoms with Crippen LogP contribution < -0.4 is 0 Å². The van der Waals surface area contributed by atoms with Gasteiger partial charge in [-0.05, 0) is 6.92 Å². The molecule has 0 saturated carbocycles. The summed E-state index contributed by atoms with van der Waals surface area (Å²) >= 11 is 2.94. The number of Topliss-reactive ketones (excluding diaryl/α,β-unsaturated/α-hetero) is 1. The molecule has 16 heavy (non-hydrogen) atoms. The molecule has 88 valence electrons. The number of rotatable bonds is 4. The van der Waals surface area contributed by atoms with Crippen LogP contribution in [0, 0.1) is 6.92 Å². The highest BCUT2D eigenvalue weighted by atomic mass is 79.9. The van der Waals surface area contributed by atoms with Gasteiger partial charge in [-0.25, -0.2) is 8.42 Å². The molecule has 1 atom stereocenters. The lowest BCUT2D eigenvalue weighted by Crippen LogP contribution is -2.26. The lowest BCUT2D eigenvalue weighted by molar-refractivity contribution is 0.101. The molecule has 0 fully saturated rings. The molecule has 0 amide bonds. The van der Waals surface area contributed by atoms with E-state index in [2.05, 4.69) is 15.9 Å². The van der Waals surface area contributed by atoms with Crippen molar-refractivity contribution in [3.8, 4) is 0 Å². The minimum atomic E-state index is -3.39. The van der Waals surface area contributed by atoms with Crippen LogP contribution in [0.1, 0.15) is 22.8 Å². The first kappa shape index (κ1) is 13.4. The van der Waals surface area contributed by atoms with Crippen LogP contribution >= 0.6 is 15.9 Å². The van der Waals surface area contributed by atoms with Gasteiger partial charge in [0.25, 0.3) is 0 Å². The van der Waals surface area contributed by atoms with Gasteiger partial charge >= 0.3 is 0 Å². The van der Waals surface area contributed by atoms with Crippen LogP contribution in [0.25, 0.3) is 0 Å². The largest absolute Gasteiger partial charge is 0.292 e. The predicted octanol–water partition coefficient (Wildman–Crippen LogP) is 2.33. The molecular weight excluding hydrogens is 292 g/mol. The van der Waals surface area contributed by atoms with E-state index in [-0.39, 0.29) is 5.75 Å². The van der Waals surface area contributed by atoms with Gasteiger partial charge < -0.3 is 0 Å². The number of aryl methyl sites for hydroxylation is 1. The Hall–Kier alpha value is -0.680. The van der Waals surface area contributed by atoms with Gasteiger partial charge in [-0.3, -0.25) is 4.79 Å². The molecule has 0 radical (unpaired) electrons. The van der Waals surface area contributed by atoms with E-state index in [1.807, 2.05) is 6.92 Å². The average molecular weight is 305 g/mol. The second-order valence-corrected chi connectivity index (χ2v) is 7.39. The monoisotopic (exact) mass is 304 g/mol. The molecule has 0 saturated heterocycles. The molecular formula is C11H13BrO3S. The molecule has 0 aliphatic carbocycles. The van der Waals surface area contributed by atoms with Gasteiger partial charge in [0.05, 0.1) is 0 Å². The van der Waals surface area contributed by atoms with Crippen molar-refractivity contribution in [3.05, 3.63) is 35.4 Å². The Balaban J connectivity index is 2.99. The van der Waals surface area contributed by atoms with E-state index in [0.717, 1.165) is 5.56 Å². The van der Waals surface area contributed by atoms with E-state index in [1.54, 1.807) is 24.3 Å². The van der Waals surface area contributed by atoms with E-state index in [1.165, 1.54) is 6.92 Å². The summed E-state index contributed by atoms with van der Waals surface area (Å²) < 4.78 is 21.9. The minimum Gasteiger partial charge on any atom is -0.292 e. The Labute approximate surface area is 104 Å². The standard InChI is InChI=1S/C11H13BrO3S/c1-3-16(14,15)11(12)10(13)9-6-4-8(2)5-7-9/h4-7,11H,3H2,1-2H3/t11-/m0/s1. The first-order valence-corrected chi connectivity index (χ1v) is 7.48. The van der Waals surface area contributed by atoms with Crippen molar-refractivity contribution in [2.75, 3.05) is 5.75 Å². The fourth-order valence-corrected chi connectivity index (χ4v) is 2.97. The number of carbonyl (C=O) groups excluding carboxylic acids is 1. The number of ketones is 1. The summed E-state index contributed by atoms with van der Waals surface area (Å²) in [6.45, 7) is 3.43. The normalized spacial score (nSPS) is 13.4. The summed E-state index contributed by atoms with van der Waals surface area (Å²) in [5, 5.41) is 0. The number of hydrogen-bond donors (Lipinski definition) is 0. The number of sulfone groups is 1. The summed E-state index contributed by atoms with van der Waals surface area (Å²) in [4.78, 5) is 11.8. The molecule has 0 bridgehead atoms. The third kappa shape index (κ3) is 2.92. The summed E-state index contributed by atoms with van der Waals surface area (Å²) in [7, 11) is -3.39. The van der Waals surface area contributed by atoms with Crippen LogP contribution in [-0.2, 0) is 9.84 Å². The van der Waals surface area contributed by atoms with Crippen LogP contribution in [0.2, 0.25) is 0 Å². The van der Waals surface area contributed by atoms with Crippen LogP contribution in [0.3, 0.4) is 0 Å². The molecule has 0 N–H and O–H groups in total. The maximum atomic E-state index is 11.8. The molecule has 0 spiro atoms. The molecule has 0 aromatic heterocycles. The minimum absolute atomic E-state index is 0.0550. The van der Waals surface area contributed by atoms with Gasteiger partial charge in [0, 0.05) is 11.3 Å². The van der Waals surface area contributed by atoms with E-state index in [4.69, 9.17) is 0 Å². The van der Waals surface area contributed by atoms with Crippen LogP contribution in [0.15, 0.2) is 24.3 Å². The van der Waals surface area contributed by atoms with E-state index >= 15 is 0 Å². The van der Waals surface area contributed by atoms with Gasteiger partial charge in [0.2, 0.25) is 0 Å². The average Bonchev–Trinajstić information content (AvgIpc) is 2.28. The highest BCUT2D eigenvalue weighted by Crippen LogP contribution is 2.17. The maximum absolute atomic E-state index is 11.8. The van der Waals surface area contributed by atoms with E-state index < -0.39 is 19.8 Å². The van der Waals surface area contributed by atoms with E-state index in [9.17, 15) is 13.2 Å². The molecule has 1 aromatic rings. The molecule has 0 heterocycles. The number of benzene rings is 1. The number of carbonyl (C=O) groups is 1. The second kappa shape index (κ2) is 5.10.